The molecule has 2 aliphatic rings. The molecule has 21 nitrogen and oxygen atoms in total. The fraction of sp³-hybridized carbons (Fsp3) is 0.574. The highest BCUT2D eigenvalue weighted by Crippen LogP contribution is 2.27. The number of allylic oxidation sites excluding steroid dienone is 12. The first kappa shape index (κ1) is 64.5. The number of esters is 1. The van der Waals surface area contributed by atoms with E-state index < -0.39 is 153 Å². The molecule has 16 N–H and O–H groups in total. The maximum atomic E-state index is 13.1. The summed E-state index contributed by atoms with van der Waals surface area (Å²) in [6, 6.07) is 5.43. The van der Waals surface area contributed by atoms with Crippen LogP contribution in [-0.4, -0.2) is 195 Å². The highest BCUT2D eigenvalue weighted by molar-refractivity contribution is 5.96. The average Bonchev–Trinajstić information content (AvgIpc) is 3.32. The number of hydrogen-bond acceptors (Lipinski definition) is 20. The molecular formula is C54H80N2O19. The van der Waals surface area contributed by atoms with Gasteiger partial charge in [-0.25, -0.2) is 0 Å². The van der Waals surface area contributed by atoms with Gasteiger partial charge in [0.1, 0.15) is 18.1 Å². The van der Waals surface area contributed by atoms with Crippen molar-refractivity contribution in [1.29, 1.82) is 0 Å². The number of ketones is 1. The first-order valence-electron chi connectivity index (χ1n) is 25.2. The van der Waals surface area contributed by atoms with Crippen LogP contribution < -0.4 is 11.1 Å². The van der Waals surface area contributed by atoms with E-state index in [0.717, 1.165) is 5.69 Å². The molecule has 0 amide bonds. The summed E-state index contributed by atoms with van der Waals surface area (Å²) < 4.78 is 17.1. The third-order valence-electron chi connectivity index (χ3n) is 12.6. The molecule has 1 saturated heterocycles. The van der Waals surface area contributed by atoms with Gasteiger partial charge in [0.05, 0.1) is 91.8 Å². The first-order valence-corrected chi connectivity index (χ1v) is 25.2. The number of ether oxygens (including phenoxy) is 3. The van der Waals surface area contributed by atoms with Crippen LogP contribution in [0.5, 0.6) is 0 Å². The number of aliphatic carboxylic acids is 1. The number of carboxylic acid groups (broad SMARTS) is 1. The summed E-state index contributed by atoms with van der Waals surface area (Å²) in [6.07, 6.45) is -3.45. The highest BCUT2D eigenvalue weighted by Gasteiger charge is 2.43. The minimum absolute atomic E-state index is 0.00873. The molecule has 0 aliphatic carbocycles. The van der Waals surface area contributed by atoms with Crippen molar-refractivity contribution < 1.29 is 95.0 Å². The lowest BCUT2D eigenvalue weighted by Gasteiger charge is -2.41. The van der Waals surface area contributed by atoms with E-state index in [1.165, 1.54) is 19.1 Å². The fourth-order valence-electron chi connectivity index (χ4n) is 8.55. The van der Waals surface area contributed by atoms with Gasteiger partial charge in [-0.3, -0.25) is 14.4 Å². The van der Waals surface area contributed by atoms with Crippen LogP contribution in [0.3, 0.4) is 0 Å². The van der Waals surface area contributed by atoms with Gasteiger partial charge in [0, 0.05) is 44.0 Å². The summed E-state index contributed by atoms with van der Waals surface area (Å²) >= 11 is 0. The van der Waals surface area contributed by atoms with Gasteiger partial charge in [0.2, 0.25) is 0 Å². The van der Waals surface area contributed by atoms with Crippen molar-refractivity contribution in [2.45, 2.75) is 181 Å². The van der Waals surface area contributed by atoms with E-state index in [1.54, 1.807) is 104 Å². The summed E-state index contributed by atoms with van der Waals surface area (Å²) in [4.78, 5) is 38.5. The Morgan fingerprint density at radius 3 is 1.60 bits per heavy atom. The zero-order valence-corrected chi connectivity index (χ0v) is 42.4. The molecule has 0 radical (unpaired) electrons. The number of nitrogens with one attached hydrogen (secondary N) is 1. The van der Waals surface area contributed by atoms with Crippen molar-refractivity contribution in [2.24, 2.45) is 11.7 Å². The van der Waals surface area contributed by atoms with E-state index in [4.69, 9.17) is 19.9 Å². The van der Waals surface area contributed by atoms with E-state index in [9.17, 15) is 80.8 Å². The Morgan fingerprint density at radius 1 is 0.653 bits per heavy atom. The largest absolute Gasteiger partial charge is 0.481 e. The number of rotatable bonds is 8. The maximum absolute atomic E-state index is 13.1. The van der Waals surface area contributed by atoms with Gasteiger partial charge < -0.3 is 91.6 Å². The normalized spacial score (nSPS) is 37.9. The van der Waals surface area contributed by atoms with Crippen LogP contribution in [0.25, 0.3) is 0 Å². The molecule has 1 aromatic rings. The number of benzene rings is 1. The van der Waals surface area contributed by atoms with Crippen LogP contribution in [-0.2, 0) is 23.8 Å². The number of hydrogen-bond donors (Lipinski definition) is 15. The monoisotopic (exact) mass is 1060 g/mol. The molecule has 3 rings (SSSR count). The second-order valence-electron chi connectivity index (χ2n) is 19.1. The number of carbonyl (C=O) groups excluding carboxylic acids is 2. The minimum Gasteiger partial charge on any atom is -0.481 e. The standard InChI is InChI=1S/C54H80N2O19/c1-32-51(69)50(55)52(70)54(73-32)74-42-16-14-12-10-8-6-4-3-5-7-9-11-13-15-17-47(44(65)31-43(64)33-18-20-34(56-2)21-19-33)75-48(68)29-41(63)27-39(61)25-37(59)23-35(57)22-36(58)24-38(60)26-40(62)28-45(66)49(53(71)72)46(67)30-42/h3-16,18-21,32,35-42,44-47,49-52,54,56-63,65-67,69-70H,17,22-31,55H2,1-2H3,(H,71,72)/b4-3+,7-5+,8-6+,11-9+,12-10+,15-13+,16-14+. The van der Waals surface area contributed by atoms with Gasteiger partial charge in [0.25, 0.3) is 0 Å². The number of carbonyl (C=O) groups is 3. The number of nitrogens with two attached hydrogens (primary N) is 1. The molecule has 0 spiro atoms. The van der Waals surface area contributed by atoms with Gasteiger partial charge in [-0.05, 0) is 69.7 Å². The molecule has 0 bridgehead atoms. The zero-order valence-electron chi connectivity index (χ0n) is 42.4. The number of anilines is 1. The van der Waals surface area contributed by atoms with Crippen LogP contribution in [0.2, 0.25) is 0 Å². The summed E-state index contributed by atoms with van der Waals surface area (Å²) in [7, 11) is 1.73. The second kappa shape index (κ2) is 34.1. The molecule has 1 aromatic carbocycles. The summed E-state index contributed by atoms with van der Waals surface area (Å²) in [5.74, 6) is -4.83. The smallest absolute Gasteiger partial charge is 0.311 e. The van der Waals surface area contributed by atoms with Gasteiger partial charge in [-0.15, -0.1) is 0 Å². The molecule has 420 valence electrons. The van der Waals surface area contributed by atoms with Gasteiger partial charge in [-0.1, -0.05) is 85.1 Å². The van der Waals surface area contributed by atoms with Crippen LogP contribution in [0.4, 0.5) is 5.69 Å². The van der Waals surface area contributed by atoms with E-state index in [0.29, 0.717) is 5.56 Å². The van der Waals surface area contributed by atoms with Crippen molar-refractivity contribution >= 4 is 23.4 Å². The average molecular weight is 1060 g/mol. The second-order valence-corrected chi connectivity index (χ2v) is 19.1. The van der Waals surface area contributed by atoms with Gasteiger partial charge in [-0.2, -0.15) is 0 Å². The SMILES string of the molecule is CNc1ccc(C(=O)CC(O)C2C/C=C/C=C/C=C/C=C/C=C/C=C/C=C/C(OC3OC(C)C(O)C(N)C3O)CC(O)C(C(=O)O)C(O)CC(O)CC(O)CC(O)CC(O)CC(O)CC(O)CC(O)CC(=O)O2)cc1. The lowest BCUT2D eigenvalue weighted by Crippen LogP contribution is -2.61. The van der Waals surface area contributed by atoms with Gasteiger partial charge in [0.15, 0.2) is 12.1 Å². The molecule has 75 heavy (non-hydrogen) atoms. The van der Waals surface area contributed by atoms with Crippen LogP contribution in [0.15, 0.2) is 109 Å². The Kier molecular flexibility index (Phi) is 29.3. The topological polar surface area (TPSA) is 380 Å². The molecule has 18 unspecified atom stereocenters. The Bertz CT molecular complexity index is 2060. The Labute approximate surface area is 437 Å². The third kappa shape index (κ3) is 24.4. The van der Waals surface area contributed by atoms with Crippen molar-refractivity contribution in [3.8, 4) is 0 Å². The first-order chi connectivity index (χ1) is 35.6. The van der Waals surface area contributed by atoms with Crippen molar-refractivity contribution in [2.75, 3.05) is 12.4 Å². The summed E-state index contributed by atoms with van der Waals surface area (Å²) in [5.41, 5.74) is 7.08. The molecule has 0 aromatic heterocycles. The van der Waals surface area contributed by atoms with E-state index in [-0.39, 0.29) is 44.9 Å². The number of carboxylic acids is 1. The van der Waals surface area contributed by atoms with Gasteiger partial charge >= 0.3 is 11.9 Å². The molecule has 1 fully saturated rings. The summed E-state index contributed by atoms with van der Waals surface area (Å²) in [5, 5.41) is 142. The van der Waals surface area contributed by atoms with E-state index in [2.05, 4.69) is 5.32 Å². The lowest BCUT2D eigenvalue weighted by atomic mass is 9.87. The number of Topliss-reactive ketones (excluding diaryl/α,β-unsaturated/α-hetero) is 1. The predicted molar refractivity (Wildman–Crippen MR) is 275 cm³/mol. The number of aliphatic hydroxyl groups is 12. The molecular weight excluding hydrogens is 981 g/mol. The molecule has 21 heteroatoms. The number of aliphatic hydroxyl groups excluding tert-OH is 12. The van der Waals surface area contributed by atoms with Crippen molar-refractivity contribution in [3.63, 3.8) is 0 Å². The highest BCUT2D eigenvalue weighted by atomic mass is 16.7. The van der Waals surface area contributed by atoms with E-state index in [1.807, 2.05) is 0 Å². The molecule has 2 aliphatic heterocycles. The van der Waals surface area contributed by atoms with Crippen LogP contribution in [0, 0.1) is 5.92 Å². The zero-order chi connectivity index (χ0) is 55.6. The van der Waals surface area contributed by atoms with Crippen LogP contribution in [0.1, 0.15) is 87.9 Å². The van der Waals surface area contributed by atoms with Crippen molar-refractivity contribution in [1.82, 2.24) is 0 Å². The Balaban J connectivity index is 1.82. The quantitative estimate of drug-likeness (QED) is 0.125. The number of cyclic esters (lactones) is 1. The molecule has 0 saturated carbocycles. The predicted octanol–water partition coefficient (Wildman–Crippen LogP) is 0.510. The summed E-state index contributed by atoms with van der Waals surface area (Å²) in [6.45, 7) is 1.51. The third-order valence-corrected chi connectivity index (χ3v) is 12.6. The van der Waals surface area contributed by atoms with Crippen molar-refractivity contribution in [3.05, 3.63) is 115 Å². The Morgan fingerprint density at radius 2 is 1.11 bits per heavy atom. The maximum Gasteiger partial charge on any atom is 0.311 e. The molecule has 2 heterocycles. The van der Waals surface area contributed by atoms with Crippen LogP contribution >= 0.6 is 0 Å². The van der Waals surface area contributed by atoms with E-state index >= 15 is 0 Å². The lowest BCUT2D eigenvalue weighted by molar-refractivity contribution is -0.277. The minimum atomic E-state index is -1.88. The molecule has 18 atom stereocenters. The fourth-order valence-corrected chi connectivity index (χ4v) is 8.55. The Hall–Kier alpha value is -4.79.